The molecule has 2 N–H and O–H groups in total. The van der Waals surface area contributed by atoms with E-state index in [1.54, 1.807) is 0 Å². The molecule has 0 saturated carbocycles. The van der Waals surface area contributed by atoms with Crippen LogP contribution in [0.2, 0.25) is 5.02 Å². The van der Waals surface area contributed by atoms with Crippen LogP contribution in [-0.2, 0) is 0 Å². The van der Waals surface area contributed by atoms with Crippen LogP contribution in [0.15, 0.2) is 21.5 Å². The molecule has 0 atom stereocenters. The Bertz CT molecular complexity index is 575. The summed E-state index contributed by atoms with van der Waals surface area (Å²) in [5.41, 5.74) is 0.297. The molecule has 84 valence electrons. The van der Waals surface area contributed by atoms with E-state index in [1.807, 2.05) is 0 Å². The minimum atomic E-state index is -0.769. The molecule has 6 nitrogen and oxygen atoms in total. The molecule has 0 amide bonds. The fraction of sp³-hybridized carbons (Fsp3) is 0.111. The van der Waals surface area contributed by atoms with E-state index in [1.165, 1.54) is 19.4 Å². The van der Waals surface area contributed by atoms with E-state index in [4.69, 9.17) is 20.8 Å². The van der Waals surface area contributed by atoms with Crippen LogP contribution in [0.1, 0.15) is 0 Å². The van der Waals surface area contributed by atoms with Gasteiger partial charge in [-0.25, -0.2) is 9.78 Å². The number of H-pyrrole nitrogens is 1. The summed E-state index contributed by atoms with van der Waals surface area (Å²) in [5, 5.41) is 9.75. The van der Waals surface area contributed by atoms with Crippen molar-refractivity contribution < 1.29 is 14.3 Å². The predicted octanol–water partition coefficient (Wildman–Crippen LogP) is 1.40. The number of hydrogen-bond acceptors (Lipinski definition) is 5. The smallest absolute Gasteiger partial charge is 0.419 e. The number of ether oxygens (including phenoxy) is 1. The molecule has 0 radical (unpaired) electrons. The standard InChI is InChI=1S/C9H7ClN2O4/c1-15-8-5(2-4(10)3-11-8)6-7(13)12-9(14)16-6/h2-3,13H,1H3,(H,12,14). The number of hydrogen-bond donors (Lipinski definition) is 2. The molecule has 0 fully saturated rings. The summed E-state index contributed by atoms with van der Waals surface area (Å²) in [6.07, 6.45) is 1.38. The van der Waals surface area contributed by atoms with Crippen molar-refractivity contribution in [2.75, 3.05) is 7.11 Å². The van der Waals surface area contributed by atoms with E-state index in [2.05, 4.69) is 9.97 Å². The van der Waals surface area contributed by atoms with E-state index in [0.717, 1.165) is 0 Å². The Morgan fingerprint density at radius 2 is 2.38 bits per heavy atom. The van der Waals surface area contributed by atoms with E-state index < -0.39 is 11.6 Å². The van der Waals surface area contributed by atoms with Crippen molar-refractivity contribution >= 4 is 11.6 Å². The number of halogens is 1. The van der Waals surface area contributed by atoms with E-state index in [-0.39, 0.29) is 11.6 Å². The third kappa shape index (κ3) is 1.74. The Kier molecular flexibility index (Phi) is 2.57. The summed E-state index contributed by atoms with van der Waals surface area (Å²) in [6, 6.07) is 1.47. The van der Waals surface area contributed by atoms with Crippen LogP contribution in [0.5, 0.6) is 11.8 Å². The molecule has 0 aliphatic carbocycles. The Labute approximate surface area is 94.5 Å². The van der Waals surface area contributed by atoms with Gasteiger partial charge in [-0.15, -0.1) is 0 Å². The first-order chi connectivity index (χ1) is 7.61. The molecule has 2 rings (SSSR count). The number of aromatic nitrogens is 2. The van der Waals surface area contributed by atoms with Crippen LogP contribution in [0.4, 0.5) is 0 Å². The highest BCUT2D eigenvalue weighted by molar-refractivity contribution is 6.30. The lowest BCUT2D eigenvalue weighted by Gasteiger charge is -2.04. The van der Waals surface area contributed by atoms with Crippen molar-refractivity contribution in [2.24, 2.45) is 0 Å². The highest BCUT2D eigenvalue weighted by Crippen LogP contribution is 2.33. The first-order valence-electron chi connectivity index (χ1n) is 4.24. The van der Waals surface area contributed by atoms with Gasteiger partial charge in [-0.3, -0.25) is 4.98 Å². The zero-order valence-corrected chi connectivity index (χ0v) is 8.91. The largest absolute Gasteiger partial charge is 0.492 e. The van der Waals surface area contributed by atoms with Crippen molar-refractivity contribution in [1.82, 2.24) is 9.97 Å². The van der Waals surface area contributed by atoms with Gasteiger partial charge in [0.05, 0.1) is 17.7 Å². The number of pyridine rings is 1. The van der Waals surface area contributed by atoms with Crippen molar-refractivity contribution in [3.05, 3.63) is 27.8 Å². The minimum absolute atomic E-state index is 0.0585. The number of aromatic amines is 1. The fourth-order valence-corrected chi connectivity index (χ4v) is 1.41. The summed E-state index contributed by atoms with van der Waals surface area (Å²) in [6.45, 7) is 0. The van der Waals surface area contributed by atoms with E-state index in [9.17, 15) is 9.90 Å². The van der Waals surface area contributed by atoms with Crippen molar-refractivity contribution in [2.45, 2.75) is 0 Å². The average Bonchev–Trinajstić information content (AvgIpc) is 2.57. The first kappa shape index (κ1) is 10.6. The molecule has 0 aromatic carbocycles. The van der Waals surface area contributed by atoms with Crippen LogP contribution in [0.25, 0.3) is 11.3 Å². The summed E-state index contributed by atoms with van der Waals surface area (Å²) >= 11 is 5.75. The number of nitrogens with one attached hydrogen (secondary N) is 1. The molecule has 7 heteroatoms. The molecular formula is C9H7ClN2O4. The van der Waals surface area contributed by atoms with Crippen molar-refractivity contribution in [1.29, 1.82) is 0 Å². The third-order valence-corrected chi connectivity index (χ3v) is 2.09. The van der Waals surface area contributed by atoms with Gasteiger partial charge in [0.15, 0.2) is 0 Å². The summed E-state index contributed by atoms with van der Waals surface area (Å²) < 4.78 is 9.72. The Morgan fingerprint density at radius 1 is 1.62 bits per heavy atom. The lowest BCUT2D eigenvalue weighted by atomic mass is 10.2. The number of rotatable bonds is 2. The average molecular weight is 243 g/mol. The highest BCUT2D eigenvalue weighted by Gasteiger charge is 2.17. The fourth-order valence-electron chi connectivity index (χ4n) is 1.25. The quantitative estimate of drug-likeness (QED) is 0.831. The third-order valence-electron chi connectivity index (χ3n) is 1.89. The molecule has 0 bridgehead atoms. The monoisotopic (exact) mass is 242 g/mol. The maximum absolute atomic E-state index is 10.9. The summed E-state index contributed by atoms with van der Waals surface area (Å²) in [4.78, 5) is 16.9. The van der Waals surface area contributed by atoms with Crippen LogP contribution >= 0.6 is 11.6 Å². The molecule has 0 unspecified atom stereocenters. The van der Waals surface area contributed by atoms with Gasteiger partial charge in [0, 0.05) is 6.20 Å². The lowest BCUT2D eigenvalue weighted by molar-refractivity contribution is 0.396. The number of oxazole rings is 1. The van der Waals surface area contributed by atoms with Gasteiger partial charge in [-0.2, -0.15) is 0 Å². The van der Waals surface area contributed by atoms with Gasteiger partial charge in [0.2, 0.25) is 17.5 Å². The minimum Gasteiger partial charge on any atom is -0.492 e. The van der Waals surface area contributed by atoms with Gasteiger partial charge in [0.25, 0.3) is 0 Å². The van der Waals surface area contributed by atoms with Gasteiger partial charge in [0.1, 0.15) is 0 Å². The zero-order valence-electron chi connectivity index (χ0n) is 8.15. The number of aromatic hydroxyl groups is 1. The van der Waals surface area contributed by atoms with Gasteiger partial charge in [-0.05, 0) is 6.07 Å². The lowest BCUT2D eigenvalue weighted by Crippen LogP contribution is -1.93. The SMILES string of the molecule is COc1ncc(Cl)cc1-c1oc(=O)[nH]c1O. The molecule has 2 heterocycles. The second kappa shape index (κ2) is 3.90. The summed E-state index contributed by atoms with van der Waals surface area (Å²) in [5.74, 6) is -1.03. The normalized spacial score (nSPS) is 10.4. The van der Waals surface area contributed by atoms with Crippen LogP contribution in [-0.4, -0.2) is 22.2 Å². The summed E-state index contributed by atoms with van der Waals surface area (Å²) in [7, 11) is 1.40. The Balaban J connectivity index is 2.67. The molecule has 0 saturated heterocycles. The molecule has 0 aliphatic heterocycles. The Morgan fingerprint density at radius 3 is 2.94 bits per heavy atom. The van der Waals surface area contributed by atoms with Crippen molar-refractivity contribution in [3.8, 4) is 23.1 Å². The second-order valence-corrected chi connectivity index (χ2v) is 3.34. The maximum Gasteiger partial charge on any atom is 0.419 e. The van der Waals surface area contributed by atoms with E-state index >= 15 is 0 Å². The van der Waals surface area contributed by atoms with E-state index in [0.29, 0.717) is 10.6 Å². The predicted molar refractivity (Wildman–Crippen MR) is 55.8 cm³/mol. The topological polar surface area (TPSA) is 88.4 Å². The maximum atomic E-state index is 10.9. The molecule has 16 heavy (non-hydrogen) atoms. The molecule has 2 aromatic heterocycles. The molecule has 0 aliphatic rings. The second-order valence-electron chi connectivity index (χ2n) is 2.90. The van der Waals surface area contributed by atoms with Crippen LogP contribution < -0.4 is 10.5 Å². The molecule has 0 spiro atoms. The van der Waals surface area contributed by atoms with Crippen LogP contribution in [0.3, 0.4) is 0 Å². The first-order valence-corrected chi connectivity index (χ1v) is 4.61. The van der Waals surface area contributed by atoms with Gasteiger partial charge in [-0.1, -0.05) is 11.6 Å². The van der Waals surface area contributed by atoms with Crippen LogP contribution in [0, 0.1) is 0 Å². The molecule has 2 aromatic rings. The Hall–Kier alpha value is -1.95. The van der Waals surface area contributed by atoms with Gasteiger partial charge >= 0.3 is 5.76 Å². The highest BCUT2D eigenvalue weighted by atomic mass is 35.5. The number of methoxy groups -OCH3 is 1. The zero-order chi connectivity index (χ0) is 11.7. The number of nitrogens with zero attached hydrogens (tertiary/aromatic N) is 1. The van der Waals surface area contributed by atoms with Gasteiger partial charge < -0.3 is 14.3 Å². The van der Waals surface area contributed by atoms with Crippen molar-refractivity contribution in [3.63, 3.8) is 0 Å². The molecular weight excluding hydrogens is 236 g/mol.